The van der Waals surface area contributed by atoms with Crippen molar-refractivity contribution in [3.8, 4) is 0 Å². The van der Waals surface area contributed by atoms with Crippen molar-refractivity contribution in [3.05, 3.63) is 0 Å². The van der Waals surface area contributed by atoms with Crippen LogP contribution in [-0.4, -0.2) is 35.0 Å². The average molecular weight is 187 g/mol. The van der Waals surface area contributed by atoms with Crippen LogP contribution in [0.2, 0.25) is 0 Å². The Morgan fingerprint density at radius 3 is 2.08 bits per heavy atom. The number of nitrogens with zero attached hydrogens (tertiary/aromatic N) is 1. The molecule has 76 valence electrons. The summed E-state index contributed by atoms with van der Waals surface area (Å²) in [5.74, 6) is -1.77. The maximum absolute atomic E-state index is 11.0. The second kappa shape index (κ2) is 4.84. The Morgan fingerprint density at radius 1 is 1.31 bits per heavy atom. The first-order chi connectivity index (χ1) is 5.86. The highest BCUT2D eigenvalue weighted by Crippen LogP contribution is 2.09. The summed E-state index contributed by atoms with van der Waals surface area (Å²) in [4.78, 5) is 22.6. The fraction of sp³-hybridized carbons (Fsp3) is 0.778. The highest BCUT2D eigenvalue weighted by atomic mass is 16.4. The van der Waals surface area contributed by atoms with Crippen LogP contribution < -0.4 is 0 Å². The Hall–Kier alpha value is -1.06. The molecule has 0 spiro atoms. The third-order valence-corrected chi connectivity index (χ3v) is 1.98. The molecule has 1 amide bonds. The molecule has 1 N–H and O–H groups in total. The van der Waals surface area contributed by atoms with E-state index < -0.39 is 11.9 Å². The standard InChI is InChI=1S/C9H17NO3/c1-6(2)5-7(3)10(4)8(11)9(12)13/h6-7H,5H2,1-4H3,(H,12,13). The SMILES string of the molecule is CC(C)CC(C)N(C)C(=O)C(=O)O. The number of carbonyl (C=O) groups excluding carboxylic acids is 1. The third kappa shape index (κ3) is 3.92. The molecule has 0 fully saturated rings. The smallest absolute Gasteiger partial charge is 0.394 e. The van der Waals surface area contributed by atoms with Gasteiger partial charge in [0.1, 0.15) is 0 Å². The van der Waals surface area contributed by atoms with Crippen molar-refractivity contribution in [2.45, 2.75) is 33.2 Å². The Morgan fingerprint density at radius 2 is 1.77 bits per heavy atom. The predicted molar refractivity (Wildman–Crippen MR) is 49.3 cm³/mol. The molecule has 0 aromatic carbocycles. The lowest BCUT2D eigenvalue weighted by molar-refractivity contribution is -0.156. The van der Waals surface area contributed by atoms with E-state index in [0.29, 0.717) is 5.92 Å². The number of amides is 1. The monoisotopic (exact) mass is 187 g/mol. The van der Waals surface area contributed by atoms with Crippen molar-refractivity contribution in [2.24, 2.45) is 5.92 Å². The van der Waals surface area contributed by atoms with E-state index in [1.54, 1.807) is 0 Å². The first kappa shape index (κ1) is 11.9. The zero-order valence-electron chi connectivity index (χ0n) is 8.57. The van der Waals surface area contributed by atoms with Gasteiger partial charge < -0.3 is 10.0 Å². The zero-order chi connectivity index (χ0) is 10.6. The van der Waals surface area contributed by atoms with E-state index in [0.717, 1.165) is 6.42 Å². The van der Waals surface area contributed by atoms with Crippen LogP contribution in [0.1, 0.15) is 27.2 Å². The topological polar surface area (TPSA) is 57.6 Å². The van der Waals surface area contributed by atoms with Gasteiger partial charge in [0.15, 0.2) is 0 Å². The molecule has 0 saturated carbocycles. The number of carboxylic acid groups (broad SMARTS) is 1. The molecule has 4 heteroatoms. The Bertz CT molecular complexity index is 201. The first-order valence-corrected chi connectivity index (χ1v) is 4.36. The largest absolute Gasteiger partial charge is 0.474 e. The maximum atomic E-state index is 11.0. The first-order valence-electron chi connectivity index (χ1n) is 4.36. The molecule has 1 atom stereocenters. The summed E-state index contributed by atoms with van der Waals surface area (Å²) in [5, 5.41) is 8.44. The lowest BCUT2D eigenvalue weighted by Gasteiger charge is -2.24. The lowest BCUT2D eigenvalue weighted by Crippen LogP contribution is -2.40. The summed E-state index contributed by atoms with van der Waals surface area (Å²) >= 11 is 0. The molecular formula is C9H17NO3. The van der Waals surface area contributed by atoms with E-state index in [2.05, 4.69) is 0 Å². The molecule has 0 rings (SSSR count). The number of likely N-dealkylation sites (N-methyl/N-ethyl adjacent to an activating group) is 1. The molecule has 0 aromatic heterocycles. The molecule has 0 aliphatic heterocycles. The summed E-state index contributed by atoms with van der Waals surface area (Å²) < 4.78 is 0. The highest BCUT2D eigenvalue weighted by Gasteiger charge is 2.21. The summed E-state index contributed by atoms with van der Waals surface area (Å²) in [6.45, 7) is 5.92. The van der Waals surface area contributed by atoms with E-state index in [1.165, 1.54) is 11.9 Å². The van der Waals surface area contributed by atoms with Gasteiger partial charge in [-0.3, -0.25) is 4.79 Å². The van der Waals surface area contributed by atoms with Crippen LogP contribution in [0, 0.1) is 5.92 Å². The average Bonchev–Trinajstić information content (AvgIpc) is 2.00. The normalized spacial score (nSPS) is 12.7. The fourth-order valence-electron chi connectivity index (χ4n) is 1.19. The van der Waals surface area contributed by atoms with Crippen LogP contribution in [-0.2, 0) is 9.59 Å². The van der Waals surface area contributed by atoms with Gasteiger partial charge in [-0.2, -0.15) is 0 Å². The van der Waals surface area contributed by atoms with Crippen molar-refractivity contribution >= 4 is 11.9 Å². The number of carboxylic acids is 1. The second-order valence-electron chi connectivity index (χ2n) is 3.70. The van der Waals surface area contributed by atoms with Crippen LogP contribution in [0.4, 0.5) is 0 Å². The summed E-state index contributed by atoms with van der Waals surface area (Å²) in [6.07, 6.45) is 0.815. The molecular weight excluding hydrogens is 170 g/mol. The number of rotatable bonds is 3. The van der Waals surface area contributed by atoms with Gasteiger partial charge in [0, 0.05) is 13.1 Å². The Labute approximate surface area is 78.5 Å². The predicted octanol–water partition coefficient (Wildman–Crippen LogP) is 0.964. The van der Waals surface area contributed by atoms with E-state index in [-0.39, 0.29) is 6.04 Å². The number of aliphatic carboxylic acids is 1. The van der Waals surface area contributed by atoms with Crippen LogP contribution in [0.15, 0.2) is 0 Å². The van der Waals surface area contributed by atoms with Crippen LogP contribution in [0.3, 0.4) is 0 Å². The molecule has 0 bridgehead atoms. The van der Waals surface area contributed by atoms with E-state index in [4.69, 9.17) is 5.11 Å². The van der Waals surface area contributed by atoms with Crippen LogP contribution in [0.5, 0.6) is 0 Å². The molecule has 0 saturated heterocycles. The molecule has 4 nitrogen and oxygen atoms in total. The molecule has 0 aliphatic rings. The minimum atomic E-state index is -1.39. The van der Waals surface area contributed by atoms with E-state index in [1.807, 2.05) is 20.8 Å². The lowest BCUT2D eigenvalue weighted by atomic mass is 10.0. The van der Waals surface area contributed by atoms with Gasteiger partial charge in [0.05, 0.1) is 0 Å². The third-order valence-electron chi connectivity index (χ3n) is 1.98. The Balaban J connectivity index is 4.17. The molecule has 0 radical (unpaired) electrons. The Kier molecular flexibility index (Phi) is 4.45. The summed E-state index contributed by atoms with van der Waals surface area (Å²) in [7, 11) is 1.52. The number of hydrogen-bond acceptors (Lipinski definition) is 2. The van der Waals surface area contributed by atoms with Gasteiger partial charge in [-0.1, -0.05) is 13.8 Å². The van der Waals surface area contributed by atoms with Gasteiger partial charge in [-0.15, -0.1) is 0 Å². The van der Waals surface area contributed by atoms with Gasteiger partial charge in [-0.25, -0.2) is 4.79 Å². The minimum Gasteiger partial charge on any atom is -0.474 e. The fourth-order valence-corrected chi connectivity index (χ4v) is 1.19. The zero-order valence-corrected chi connectivity index (χ0v) is 8.57. The van der Waals surface area contributed by atoms with Crippen LogP contribution in [0.25, 0.3) is 0 Å². The molecule has 0 aromatic rings. The van der Waals surface area contributed by atoms with Crippen molar-refractivity contribution in [1.82, 2.24) is 4.90 Å². The van der Waals surface area contributed by atoms with Crippen molar-refractivity contribution in [1.29, 1.82) is 0 Å². The quantitative estimate of drug-likeness (QED) is 0.669. The molecule has 0 heterocycles. The number of carbonyl (C=O) groups is 2. The summed E-state index contributed by atoms with van der Waals surface area (Å²) in [5.41, 5.74) is 0. The maximum Gasteiger partial charge on any atom is 0.394 e. The van der Waals surface area contributed by atoms with E-state index in [9.17, 15) is 9.59 Å². The van der Waals surface area contributed by atoms with Gasteiger partial charge >= 0.3 is 11.9 Å². The van der Waals surface area contributed by atoms with Crippen LogP contribution >= 0.6 is 0 Å². The number of hydrogen-bond donors (Lipinski definition) is 1. The molecule has 13 heavy (non-hydrogen) atoms. The minimum absolute atomic E-state index is 0.0244. The molecule has 1 unspecified atom stereocenters. The van der Waals surface area contributed by atoms with Gasteiger partial charge in [0.2, 0.25) is 0 Å². The van der Waals surface area contributed by atoms with Gasteiger partial charge in [-0.05, 0) is 19.3 Å². The second-order valence-corrected chi connectivity index (χ2v) is 3.70. The highest BCUT2D eigenvalue weighted by molar-refractivity contribution is 6.31. The van der Waals surface area contributed by atoms with Gasteiger partial charge in [0.25, 0.3) is 0 Å². The van der Waals surface area contributed by atoms with Crippen molar-refractivity contribution < 1.29 is 14.7 Å². The molecule has 0 aliphatic carbocycles. The van der Waals surface area contributed by atoms with E-state index >= 15 is 0 Å². The van der Waals surface area contributed by atoms with Crippen molar-refractivity contribution in [3.63, 3.8) is 0 Å². The summed E-state index contributed by atoms with van der Waals surface area (Å²) in [6, 6.07) is -0.0244. The van der Waals surface area contributed by atoms with Crippen molar-refractivity contribution in [2.75, 3.05) is 7.05 Å².